The number of pyridine rings is 1. The number of aliphatic hydroxyl groups excluding tert-OH is 1. The maximum absolute atomic E-state index is 9.23. The molecule has 1 aliphatic carbocycles. The van der Waals surface area contributed by atoms with E-state index in [4.69, 9.17) is 10.9 Å². The van der Waals surface area contributed by atoms with Crippen LogP contribution in [0.5, 0.6) is 0 Å². The number of aromatic nitrogens is 1. The molecule has 2 rings (SSSR count). The molecular formula is C13H20N4O2. The summed E-state index contributed by atoms with van der Waals surface area (Å²) in [5.74, 6) is 0.837. The predicted octanol–water partition coefficient (Wildman–Crippen LogP) is 0.917. The monoisotopic (exact) mass is 264 g/mol. The summed E-state index contributed by atoms with van der Waals surface area (Å²) >= 11 is 0. The highest BCUT2D eigenvalue weighted by atomic mass is 16.4. The summed E-state index contributed by atoms with van der Waals surface area (Å²) in [4.78, 5) is 6.45. The van der Waals surface area contributed by atoms with Gasteiger partial charge in [-0.05, 0) is 25.0 Å². The lowest BCUT2D eigenvalue weighted by atomic mass is 10.2. The average Bonchev–Trinajstić information content (AvgIpc) is 2.98. The van der Waals surface area contributed by atoms with Crippen molar-refractivity contribution in [3.05, 3.63) is 23.9 Å². The number of hydrogen-bond acceptors (Lipinski definition) is 5. The molecule has 0 spiro atoms. The molecule has 0 amide bonds. The lowest BCUT2D eigenvalue weighted by molar-refractivity contribution is 0.297. The van der Waals surface area contributed by atoms with Crippen molar-refractivity contribution in [2.75, 3.05) is 18.1 Å². The molecule has 6 heteroatoms. The van der Waals surface area contributed by atoms with E-state index in [2.05, 4.69) is 15.0 Å². The third-order valence-corrected chi connectivity index (χ3v) is 3.55. The first kappa shape index (κ1) is 13.6. The molecule has 0 unspecified atom stereocenters. The van der Waals surface area contributed by atoms with Gasteiger partial charge in [-0.3, -0.25) is 0 Å². The van der Waals surface area contributed by atoms with Gasteiger partial charge in [-0.15, -0.1) is 0 Å². The van der Waals surface area contributed by atoms with Crippen LogP contribution < -0.4 is 10.6 Å². The Bertz CT molecular complexity index is 444. The lowest BCUT2D eigenvalue weighted by Crippen LogP contribution is -2.36. The first-order valence-corrected chi connectivity index (χ1v) is 6.57. The first-order chi connectivity index (χ1) is 9.26. The zero-order valence-electron chi connectivity index (χ0n) is 10.9. The van der Waals surface area contributed by atoms with E-state index >= 15 is 0 Å². The van der Waals surface area contributed by atoms with Crippen LogP contribution in [0.25, 0.3) is 0 Å². The molecule has 1 heterocycles. The smallest absolute Gasteiger partial charge is 0.170 e. The minimum Gasteiger partial charge on any atom is -0.409 e. The van der Waals surface area contributed by atoms with Gasteiger partial charge in [0.15, 0.2) is 5.84 Å². The van der Waals surface area contributed by atoms with Gasteiger partial charge in [0, 0.05) is 24.3 Å². The lowest BCUT2D eigenvalue weighted by Gasteiger charge is -2.29. The molecule has 4 N–H and O–H groups in total. The molecule has 6 nitrogen and oxygen atoms in total. The molecule has 0 aromatic carbocycles. The van der Waals surface area contributed by atoms with Gasteiger partial charge in [0.2, 0.25) is 0 Å². The molecule has 1 saturated carbocycles. The fraction of sp³-hybridized carbons (Fsp3) is 0.538. The van der Waals surface area contributed by atoms with Gasteiger partial charge in [-0.1, -0.05) is 18.0 Å². The van der Waals surface area contributed by atoms with Crippen LogP contribution >= 0.6 is 0 Å². The van der Waals surface area contributed by atoms with E-state index in [0.29, 0.717) is 18.2 Å². The summed E-state index contributed by atoms with van der Waals surface area (Å²) in [6, 6.07) is 3.91. The number of nitrogens with two attached hydrogens (primary N) is 1. The van der Waals surface area contributed by atoms with Gasteiger partial charge < -0.3 is 20.9 Å². The van der Waals surface area contributed by atoms with E-state index in [1.165, 1.54) is 12.8 Å². The summed E-state index contributed by atoms with van der Waals surface area (Å²) in [6.07, 6.45) is 6.31. The Morgan fingerprint density at radius 2 is 2.21 bits per heavy atom. The Labute approximate surface area is 112 Å². The number of amidine groups is 1. The number of anilines is 1. The Hall–Kier alpha value is -1.82. The first-order valence-electron chi connectivity index (χ1n) is 6.57. The van der Waals surface area contributed by atoms with Gasteiger partial charge in [0.05, 0.1) is 6.61 Å². The largest absolute Gasteiger partial charge is 0.409 e. The highest BCUT2D eigenvalue weighted by Gasteiger charge is 2.23. The summed E-state index contributed by atoms with van der Waals surface area (Å²) in [7, 11) is 0. The van der Waals surface area contributed by atoms with Crippen molar-refractivity contribution in [1.29, 1.82) is 0 Å². The van der Waals surface area contributed by atoms with Crippen molar-refractivity contribution >= 4 is 11.7 Å². The highest BCUT2D eigenvalue weighted by Crippen LogP contribution is 2.27. The third kappa shape index (κ3) is 3.14. The topological polar surface area (TPSA) is 95.0 Å². The van der Waals surface area contributed by atoms with E-state index in [0.717, 1.165) is 18.7 Å². The Morgan fingerprint density at radius 3 is 2.84 bits per heavy atom. The van der Waals surface area contributed by atoms with Crippen LogP contribution in [-0.4, -0.2) is 40.3 Å². The molecule has 0 radical (unpaired) electrons. The van der Waals surface area contributed by atoms with Crippen molar-refractivity contribution in [3.63, 3.8) is 0 Å². The van der Waals surface area contributed by atoms with E-state index in [1.807, 2.05) is 0 Å². The van der Waals surface area contributed by atoms with Crippen LogP contribution in [0.3, 0.4) is 0 Å². The van der Waals surface area contributed by atoms with Crippen molar-refractivity contribution < 1.29 is 10.3 Å². The number of rotatable bonds is 5. The Balaban J connectivity index is 2.25. The standard InChI is InChI=1S/C13H20N4O2/c14-13(16-19)10-5-6-15-12(9-10)17(7-8-18)11-3-1-2-4-11/h5-6,9,11,18-19H,1-4,7-8H2,(H2,14,16). The second-order valence-corrected chi connectivity index (χ2v) is 4.74. The van der Waals surface area contributed by atoms with Crippen molar-refractivity contribution in [1.82, 2.24) is 4.98 Å². The Morgan fingerprint density at radius 1 is 1.47 bits per heavy atom. The van der Waals surface area contributed by atoms with E-state index < -0.39 is 0 Å². The van der Waals surface area contributed by atoms with Crippen LogP contribution in [-0.2, 0) is 0 Å². The fourth-order valence-corrected chi connectivity index (χ4v) is 2.60. The summed E-state index contributed by atoms with van der Waals surface area (Å²) in [6.45, 7) is 0.642. The van der Waals surface area contributed by atoms with Gasteiger partial charge in [-0.2, -0.15) is 0 Å². The maximum Gasteiger partial charge on any atom is 0.170 e. The maximum atomic E-state index is 9.23. The van der Waals surface area contributed by atoms with E-state index in [1.54, 1.807) is 18.3 Å². The summed E-state index contributed by atoms with van der Waals surface area (Å²) in [5.41, 5.74) is 6.23. The molecule has 1 aromatic rings. The second kappa shape index (κ2) is 6.38. The molecule has 19 heavy (non-hydrogen) atoms. The quantitative estimate of drug-likeness (QED) is 0.318. The van der Waals surface area contributed by atoms with Crippen LogP contribution in [0.4, 0.5) is 5.82 Å². The number of hydrogen-bond donors (Lipinski definition) is 3. The Kier molecular flexibility index (Phi) is 4.57. The van der Waals surface area contributed by atoms with Crippen molar-refractivity contribution in [2.24, 2.45) is 10.9 Å². The SMILES string of the molecule is N/C(=N/O)c1ccnc(N(CCO)C2CCCC2)c1. The normalized spacial score (nSPS) is 16.8. The molecule has 0 bridgehead atoms. The van der Waals surface area contributed by atoms with Crippen LogP contribution in [0.15, 0.2) is 23.5 Å². The van der Waals surface area contributed by atoms with Crippen molar-refractivity contribution in [3.8, 4) is 0 Å². The zero-order valence-corrected chi connectivity index (χ0v) is 10.9. The third-order valence-electron chi connectivity index (χ3n) is 3.55. The molecule has 1 aliphatic rings. The van der Waals surface area contributed by atoms with Gasteiger partial charge in [-0.25, -0.2) is 4.98 Å². The van der Waals surface area contributed by atoms with Gasteiger partial charge >= 0.3 is 0 Å². The molecule has 1 fully saturated rings. The number of oxime groups is 1. The number of nitrogens with zero attached hydrogens (tertiary/aromatic N) is 3. The number of aliphatic hydroxyl groups is 1. The molecular weight excluding hydrogens is 244 g/mol. The minimum atomic E-state index is 0.0685. The van der Waals surface area contributed by atoms with Crippen LogP contribution in [0.1, 0.15) is 31.2 Å². The summed E-state index contributed by atoms with van der Waals surface area (Å²) in [5, 5.41) is 20.9. The molecule has 0 atom stereocenters. The fourth-order valence-electron chi connectivity index (χ4n) is 2.60. The van der Waals surface area contributed by atoms with Gasteiger partial charge in [0.25, 0.3) is 0 Å². The summed E-state index contributed by atoms with van der Waals surface area (Å²) < 4.78 is 0. The highest BCUT2D eigenvalue weighted by molar-refractivity contribution is 5.97. The molecule has 104 valence electrons. The molecule has 0 aliphatic heterocycles. The van der Waals surface area contributed by atoms with E-state index in [9.17, 15) is 5.11 Å². The van der Waals surface area contributed by atoms with Crippen LogP contribution in [0, 0.1) is 0 Å². The molecule has 1 aromatic heterocycles. The molecule has 0 saturated heterocycles. The minimum absolute atomic E-state index is 0.0685. The predicted molar refractivity (Wildman–Crippen MR) is 73.4 cm³/mol. The van der Waals surface area contributed by atoms with Crippen LogP contribution in [0.2, 0.25) is 0 Å². The zero-order chi connectivity index (χ0) is 13.7. The van der Waals surface area contributed by atoms with Crippen molar-refractivity contribution in [2.45, 2.75) is 31.7 Å². The average molecular weight is 264 g/mol. The van der Waals surface area contributed by atoms with E-state index in [-0.39, 0.29) is 12.4 Å². The van der Waals surface area contributed by atoms with Gasteiger partial charge in [0.1, 0.15) is 5.82 Å². The second-order valence-electron chi connectivity index (χ2n) is 4.74.